The minimum Gasteiger partial charge on any atom is -0.495 e. The zero-order chi connectivity index (χ0) is 17.0. The Balaban J connectivity index is 2.32. The minimum atomic E-state index is -0.120. The second-order valence-electron chi connectivity index (χ2n) is 5.07. The molecule has 6 heteroatoms. The Morgan fingerprint density at radius 3 is 2.35 bits per heavy atom. The molecule has 2 rings (SSSR count). The number of halogens is 1. The highest BCUT2D eigenvalue weighted by atomic mass is 79.9. The van der Waals surface area contributed by atoms with Gasteiger partial charge in [-0.25, -0.2) is 0 Å². The van der Waals surface area contributed by atoms with Gasteiger partial charge in [0.2, 0.25) is 0 Å². The quantitative estimate of drug-likeness (QED) is 0.795. The fourth-order valence-electron chi connectivity index (χ4n) is 2.22. The molecule has 0 N–H and O–H groups in total. The van der Waals surface area contributed by atoms with Crippen LogP contribution in [0.25, 0.3) is 0 Å². The van der Waals surface area contributed by atoms with E-state index in [0.29, 0.717) is 21.5 Å². The summed E-state index contributed by atoms with van der Waals surface area (Å²) in [5, 5.41) is 0. The average molecular weight is 379 g/mol. The van der Waals surface area contributed by atoms with Crippen LogP contribution < -0.4 is 9.47 Å². The Labute approximate surface area is 144 Å². The van der Waals surface area contributed by atoms with Crippen molar-refractivity contribution in [2.75, 3.05) is 21.3 Å². The van der Waals surface area contributed by atoms with Crippen LogP contribution in [0.1, 0.15) is 28.9 Å². The van der Waals surface area contributed by atoms with Crippen molar-refractivity contribution in [2.45, 2.75) is 13.0 Å². The number of nitrogens with zero attached hydrogens (tertiary/aromatic N) is 2. The molecule has 0 spiro atoms. The Morgan fingerprint density at radius 1 is 1.26 bits per heavy atom. The van der Waals surface area contributed by atoms with Crippen LogP contribution in [0.4, 0.5) is 0 Å². The Kier molecular flexibility index (Phi) is 5.60. The highest BCUT2D eigenvalue weighted by molar-refractivity contribution is 9.10. The molecule has 1 aromatic heterocycles. The molecule has 0 saturated heterocycles. The van der Waals surface area contributed by atoms with E-state index in [1.165, 1.54) is 0 Å². The van der Waals surface area contributed by atoms with Crippen molar-refractivity contribution in [2.24, 2.45) is 0 Å². The summed E-state index contributed by atoms with van der Waals surface area (Å²) in [7, 11) is 4.87. The number of aromatic nitrogens is 1. The zero-order valence-electron chi connectivity index (χ0n) is 13.5. The second-order valence-corrected chi connectivity index (χ2v) is 5.87. The Bertz CT molecular complexity index is 666. The summed E-state index contributed by atoms with van der Waals surface area (Å²) in [5.41, 5.74) is 1.47. The fourth-order valence-corrected chi connectivity index (χ4v) is 2.77. The van der Waals surface area contributed by atoms with Gasteiger partial charge in [0.15, 0.2) is 0 Å². The van der Waals surface area contributed by atoms with Gasteiger partial charge in [0.1, 0.15) is 16.0 Å². The molecule has 0 saturated carbocycles. The van der Waals surface area contributed by atoms with Crippen LogP contribution in [0.15, 0.2) is 41.1 Å². The summed E-state index contributed by atoms with van der Waals surface area (Å²) >= 11 is 3.40. The number of pyridine rings is 1. The van der Waals surface area contributed by atoms with Crippen molar-refractivity contribution in [1.29, 1.82) is 0 Å². The predicted molar refractivity (Wildman–Crippen MR) is 92.0 cm³/mol. The number of benzene rings is 1. The lowest BCUT2D eigenvalue weighted by Gasteiger charge is -2.25. The van der Waals surface area contributed by atoms with E-state index < -0.39 is 0 Å². The van der Waals surface area contributed by atoms with E-state index in [-0.39, 0.29) is 11.9 Å². The largest absolute Gasteiger partial charge is 0.495 e. The number of hydrogen-bond acceptors (Lipinski definition) is 4. The first-order chi connectivity index (χ1) is 11.0. The molecule has 23 heavy (non-hydrogen) atoms. The number of methoxy groups -OCH3 is 2. The summed E-state index contributed by atoms with van der Waals surface area (Å²) in [6, 6.07) is 7.10. The van der Waals surface area contributed by atoms with Gasteiger partial charge >= 0.3 is 0 Å². The first kappa shape index (κ1) is 17.3. The fraction of sp³-hybridized carbons (Fsp3) is 0.294. The van der Waals surface area contributed by atoms with Crippen molar-refractivity contribution in [3.05, 3.63) is 52.3 Å². The molecular formula is C17H19BrN2O3. The molecule has 2 aromatic rings. The van der Waals surface area contributed by atoms with Gasteiger partial charge in [-0.3, -0.25) is 9.78 Å². The van der Waals surface area contributed by atoms with Gasteiger partial charge in [-0.05, 0) is 46.6 Å². The molecule has 122 valence electrons. The first-order valence-electron chi connectivity index (χ1n) is 7.08. The number of amides is 1. The van der Waals surface area contributed by atoms with Crippen LogP contribution in [0.2, 0.25) is 0 Å². The topological polar surface area (TPSA) is 51.7 Å². The molecule has 5 nitrogen and oxygen atoms in total. The lowest BCUT2D eigenvalue weighted by atomic mass is 10.1. The molecule has 0 fully saturated rings. The average Bonchev–Trinajstić information content (AvgIpc) is 2.60. The van der Waals surface area contributed by atoms with Crippen molar-refractivity contribution in [3.63, 3.8) is 0 Å². The molecule has 1 unspecified atom stereocenters. The maximum absolute atomic E-state index is 12.8. The van der Waals surface area contributed by atoms with Crippen molar-refractivity contribution in [3.8, 4) is 11.5 Å². The highest BCUT2D eigenvalue weighted by Crippen LogP contribution is 2.36. The number of carbonyl (C=O) groups is 1. The number of rotatable bonds is 5. The van der Waals surface area contributed by atoms with Crippen LogP contribution >= 0.6 is 15.9 Å². The highest BCUT2D eigenvalue weighted by Gasteiger charge is 2.21. The smallest absolute Gasteiger partial charge is 0.254 e. The second kappa shape index (κ2) is 7.46. The van der Waals surface area contributed by atoms with E-state index in [1.54, 1.807) is 50.7 Å². The van der Waals surface area contributed by atoms with Crippen LogP contribution in [-0.2, 0) is 0 Å². The third-order valence-electron chi connectivity index (χ3n) is 3.76. The SMILES string of the molecule is COc1cc(C(=O)N(C)C(C)c2cccnc2)cc(OC)c1Br. The Morgan fingerprint density at radius 2 is 1.87 bits per heavy atom. The molecule has 1 heterocycles. The standard InChI is InChI=1S/C17H19BrN2O3/c1-11(12-6-5-7-19-10-12)20(2)17(21)13-8-14(22-3)16(18)15(9-13)23-4/h5-11H,1-4H3. The third-order valence-corrected chi connectivity index (χ3v) is 4.54. The van der Waals surface area contributed by atoms with Crippen molar-refractivity contribution in [1.82, 2.24) is 9.88 Å². The molecule has 0 aliphatic heterocycles. The van der Waals surface area contributed by atoms with Gasteiger partial charge in [-0.1, -0.05) is 6.07 Å². The molecule has 1 atom stereocenters. The number of carbonyl (C=O) groups excluding carboxylic acids is 1. The normalized spacial score (nSPS) is 11.7. The molecule has 0 aliphatic rings. The lowest BCUT2D eigenvalue weighted by molar-refractivity contribution is 0.0741. The molecule has 1 aromatic carbocycles. The molecule has 0 bridgehead atoms. The number of hydrogen-bond donors (Lipinski definition) is 0. The van der Waals surface area contributed by atoms with Gasteiger partial charge in [0, 0.05) is 25.0 Å². The summed E-state index contributed by atoms with van der Waals surface area (Å²) in [5.74, 6) is 0.982. The van der Waals surface area contributed by atoms with E-state index in [9.17, 15) is 4.79 Å². The van der Waals surface area contributed by atoms with Gasteiger partial charge in [0.05, 0.1) is 20.3 Å². The summed E-state index contributed by atoms with van der Waals surface area (Å²) < 4.78 is 11.3. The van der Waals surface area contributed by atoms with Gasteiger partial charge < -0.3 is 14.4 Å². The number of ether oxygens (including phenoxy) is 2. The minimum absolute atomic E-state index is 0.100. The van der Waals surface area contributed by atoms with Gasteiger partial charge in [-0.15, -0.1) is 0 Å². The van der Waals surface area contributed by atoms with Crippen LogP contribution in [0, 0.1) is 0 Å². The molecular weight excluding hydrogens is 360 g/mol. The molecule has 0 aliphatic carbocycles. The summed E-state index contributed by atoms with van der Waals surface area (Å²) in [6.45, 7) is 1.96. The van der Waals surface area contributed by atoms with E-state index in [1.807, 2.05) is 19.1 Å². The summed E-state index contributed by atoms with van der Waals surface area (Å²) in [4.78, 5) is 18.6. The first-order valence-corrected chi connectivity index (χ1v) is 7.87. The molecule has 0 radical (unpaired) electrons. The zero-order valence-corrected chi connectivity index (χ0v) is 15.1. The summed E-state index contributed by atoms with van der Waals surface area (Å²) in [6.07, 6.45) is 3.47. The third kappa shape index (κ3) is 3.64. The van der Waals surface area contributed by atoms with Gasteiger partial charge in [-0.2, -0.15) is 0 Å². The monoisotopic (exact) mass is 378 g/mol. The van der Waals surface area contributed by atoms with Crippen LogP contribution in [-0.4, -0.2) is 37.1 Å². The molecule has 1 amide bonds. The van der Waals surface area contributed by atoms with Crippen LogP contribution in [0.5, 0.6) is 11.5 Å². The van der Waals surface area contributed by atoms with Gasteiger partial charge in [0.25, 0.3) is 5.91 Å². The Hall–Kier alpha value is -2.08. The predicted octanol–water partition coefficient (Wildman–Crippen LogP) is 3.69. The van der Waals surface area contributed by atoms with Crippen molar-refractivity contribution < 1.29 is 14.3 Å². The van der Waals surface area contributed by atoms with E-state index in [2.05, 4.69) is 20.9 Å². The van der Waals surface area contributed by atoms with E-state index in [0.717, 1.165) is 5.56 Å². The lowest BCUT2D eigenvalue weighted by Crippen LogP contribution is -2.29. The van der Waals surface area contributed by atoms with Crippen molar-refractivity contribution >= 4 is 21.8 Å². The van der Waals surface area contributed by atoms with Crippen LogP contribution in [0.3, 0.4) is 0 Å². The van der Waals surface area contributed by atoms with E-state index in [4.69, 9.17) is 9.47 Å². The maximum Gasteiger partial charge on any atom is 0.254 e. The maximum atomic E-state index is 12.8. The van der Waals surface area contributed by atoms with E-state index >= 15 is 0 Å².